The van der Waals surface area contributed by atoms with E-state index in [4.69, 9.17) is 18.4 Å². The molecule has 0 radical (unpaired) electrons. The molecular formula is C3H9Cl2Nb-3. The molecule has 0 fully saturated rings. The summed E-state index contributed by atoms with van der Waals surface area (Å²) in [7, 11) is 9.83. The van der Waals surface area contributed by atoms with Gasteiger partial charge in [0.05, 0.1) is 0 Å². The van der Waals surface area contributed by atoms with Crippen LogP contribution in [0.4, 0.5) is 0 Å². The van der Waals surface area contributed by atoms with Gasteiger partial charge in [0, 0.05) is 0 Å². The molecule has 0 spiro atoms. The van der Waals surface area contributed by atoms with Crippen LogP contribution in [0.3, 0.4) is 0 Å². The summed E-state index contributed by atoms with van der Waals surface area (Å²) in [4.78, 5) is 0. The molecule has 0 bridgehead atoms. The maximum absolute atomic E-state index is 4.91. The van der Waals surface area contributed by atoms with Crippen molar-refractivity contribution in [3.63, 3.8) is 0 Å². The second-order valence-corrected chi connectivity index (χ2v) is 3.40. The van der Waals surface area contributed by atoms with Crippen molar-refractivity contribution >= 4 is 18.4 Å². The third-order valence-corrected chi connectivity index (χ3v) is 0. The molecule has 0 heterocycles. The number of hydrogen-bond donors (Lipinski definition) is 0. The first-order valence-electron chi connectivity index (χ1n) is 0.338. The molecule has 0 unspecified atom stereocenters. The fourth-order valence-electron chi connectivity index (χ4n) is 0. The summed E-state index contributed by atoms with van der Waals surface area (Å²) < 4.78 is 0. The van der Waals surface area contributed by atoms with Crippen LogP contribution in [0.2, 0.25) is 0 Å². The van der Waals surface area contributed by atoms with Crippen molar-refractivity contribution in [2.75, 3.05) is 0 Å². The van der Waals surface area contributed by atoms with E-state index in [0.717, 1.165) is 0 Å². The zero-order chi connectivity index (χ0) is 2.71. The Kier molecular flexibility index (Phi) is 147. The van der Waals surface area contributed by atoms with E-state index >= 15 is 0 Å². The minimum atomic E-state index is -0.706. The number of hydrogen-bond acceptors (Lipinski definition) is 0. The van der Waals surface area contributed by atoms with Crippen molar-refractivity contribution in [2.24, 2.45) is 0 Å². The predicted molar refractivity (Wildman–Crippen MR) is 30.9 cm³/mol. The molecule has 6 heavy (non-hydrogen) atoms. The van der Waals surface area contributed by atoms with E-state index in [-0.39, 0.29) is 22.3 Å². The Morgan fingerprint density at radius 2 is 0.833 bits per heavy atom. The molecule has 0 aliphatic carbocycles. The fourth-order valence-corrected chi connectivity index (χ4v) is 0. The third-order valence-electron chi connectivity index (χ3n) is 0. The van der Waals surface area contributed by atoms with Gasteiger partial charge < -0.3 is 22.3 Å². The average molecular weight is 209 g/mol. The molecule has 0 aliphatic heterocycles. The quantitative estimate of drug-likeness (QED) is 0.425. The van der Waals surface area contributed by atoms with Crippen molar-refractivity contribution in [1.82, 2.24) is 0 Å². The molecule has 0 nitrogen and oxygen atoms in total. The zero-order valence-electron chi connectivity index (χ0n) is 4.20. The van der Waals surface area contributed by atoms with E-state index in [2.05, 4.69) is 0 Å². The van der Waals surface area contributed by atoms with Gasteiger partial charge in [-0.2, -0.15) is 0 Å². The predicted octanol–water partition coefficient (Wildman–Crippen LogP) is 2.73. The molecule has 0 aliphatic rings. The average Bonchev–Trinajstić information content (AvgIpc) is 0.918. The Labute approximate surface area is 58.2 Å². The van der Waals surface area contributed by atoms with Crippen LogP contribution >= 0.6 is 18.4 Å². The summed E-state index contributed by atoms with van der Waals surface area (Å²) in [6.45, 7) is 0. The first kappa shape index (κ1) is 26.5. The van der Waals surface area contributed by atoms with Crippen LogP contribution in [0.15, 0.2) is 0 Å². The van der Waals surface area contributed by atoms with E-state index in [1.807, 2.05) is 0 Å². The molecule has 3 heteroatoms. The summed E-state index contributed by atoms with van der Waals surface area (Å²) >= 11 is -0.706. The molecule has 0 saturated carbocycles. The summed E-state index contributed by atoms with van der Waals surface area (Å²) in [6, 6.07) is 0. The maximum atomic E-state index is 4.91. The Morgan fingerprint density at radius 3 is 0.833 bits per heavy atom. The Bertz CT molecular complexity index is 8.75. The van der Waals surface area contributed by atoms with Crippen LogP contribution < -0.4 is 0 Å². The second kappa shape index (κ2) is 33.2. The Morgan fingerprint density at radius 1 is 0.833 bits per heavy atom. The van der Waals surface area contributed by atoms with E-state index in [1.54, 1.807) is 0 Å². The van der Waals surface area contributed by atoms with Crippen molar-refractivity contribution in [3.05, 3.63) is 22.3 Å². The fraction of sp³-hybridized carbons (Fsp3) is 0. The molecule has 43 valence electrons. The molecule has 0 aromatic carbocycles. The van der Waals surface area contributed by atoms with Crippen molar-refractivity contribution < 1.29 is 17.6 Å². The normalized spacial score (nSPS) is 2.33. The molecule has 0 aromatic heterocycles. The zero-order valence-corrected chi connectivity index (χ0v) is 7.91. The van der Waals surface area contributed by atoms with Gasteiger partial charge in [-0.05, 0) is 0 Å². The Hall–Kier alpha value is 1.32. The van der Waals surface area contributed by atoms with Gasteiger partial charge in [0.25, 0.3) is 0 Å². The summed E-state index contributed by atoms with van der Waals surface area (Å²) in [5, 5.41) is 0. The summed E-state index contributed by atoms with van der Waals surface area (Å²) in [6.07, 6.45) is 0. The monoisotopic (exact) mass is 208 g/mol. The van der Waals surface area contributed by atoms with E-state index in [9.17, 15) is 0 Å². The van der Waals surface area contributed by atoms with E-state index in [0.29, 0.717) is 0 Å². The summed E-state index contributed by atoms with van der Waals surface area (Å²) in [5.74, 6) is 0. The first-order chi connectivity index (χ1) is 1.41. The summed E-state index contributed by atoms with van der Waals surface area (Å²) in [5.41, 5.74) is 0. The molecule has 0 N–H and O–H groups in total. The Balaban J connectivity index is -0.00000000667. The van der Waals surface area contributed by atoms with Gasteiger partial charge in [-0.15, -0.1) is 0 Å². The molecule has 0 amide bonds. The van der Waals surface area contributed by atoms with Gasteiger partial charge in [-0.1, -0.05) is 0 Å². The van der Waals surface area contributed by atoms with Crippen molar-refractivity contribution in [3.8, 4) is 0 Å². The topological polar surface area (TPSA) is 0 Å². The van der Waals surface area contributed by atoms with Gasteiger partial charge in [0.2, 0.25) is 0 Å². The van der Waals surface area contributed by atoms with Crippen molar-refractivity contribution in [2.45, 2.75) is 0 Å². The molecule has 0 rings (SSSR count). The molecule has 0 atom stereocenters. The van der Waals surface area contributed by atoms with Gasteiger partial charge in [-0.3, -0.25) is 0 Å². The van der Waals surface area contributed by atoms with Crippen LogP contribution in [0.25, 0.3) is 0 Å². The molecule has 0 aromatic rings. The standard InChI is InChI=1S/3CH3.2ClH.Nb/h3*1H3;2*1H;/q3*-1;;;+2/p-2. The van der Waals surface area contributed by atoms with Crippen LogP contribution in [-0.4, -0.2) is 0 Å². The number of halogens is 2. The van der Waals surface area contributed by atoms with Crippen LogP contribution in [-0.2, 0) is 17.6 Å². The van der Waals surface area contributed by atoms with Gasteiger partial charge in [0.1, 0.15) is 0 Å². The van der Waals surface area contributed by atoms with Crippen LogP contribution in [0, 0.1) is 22.3 Å². The van der Waals surface area contributed by atoms with Gasteiger partial charge in [-0.25, -0.2) is 0 Å². The van der Waals surface area contributed by atoms with Crippen LogP contribution in [0.5, 0.6) is 0 Å². The van der Waals surface area contributed by atoms with Gasteiger partial charge >= 0.3 is 36.0 Å². The van der Waals surface area contributed by atoms with E-state index < -0.39 is 17.6 Å². The molecular weight excluding hydrogens is 200 g/mol. The van der Waals surface area contributed by atoms with Crippen LogP contribution in [0.1, 0.15) is 0 Å². The van der Waals surface area contributed by atoms with Crippen molar-refractivity contribution in [1.29, 1.82) is 0 Å². The SMILES string of the molecule is [CH3-].[CH3-].[CH3-].[Cl][Nb][Cl]. The van der Waals surface area contributed by atoms with Gasteiger partial charge in [0.15, 0.2) is 0 Å². The third kappa shape index (κ3) is 57.0. The molecule has 0 saturated heterocycles. The second-order valence-electron chi connectivity index (χ2n) is 0.0639. The van der Waals surface area contributed by atoms with E-state index in [1.165, 1.54) is 0 Å². The minimum absolute atomic E-state index is 0. The first-order valence-corrected chi connectivity index (χ1v) is 6.00. The number of rotatable bonds is 0.